The van der Waals surface area contributed by atoms with Gasteiger partial charge < -0.3 is 13.7 Å². The molecule has 1 saturated heterocycles. The number of furan rings is 1. The Morgan fingerprint density at radius 3 is 2.09 bits per heavy atom. The third-order valence-electron chi connectivity index (χ3n) is 8.69. The number of rotatable bonds is 1. The van der Waals surface area contributed by atoms with Crippen molar-refractivity contribution in [3.8, 4) is 11.1 Å². The number of para-hydroxylation sites is 1. The van der Waals surface area contributed by atoms with Crippen LogP contribution in [0.2, 0.25) is 13.1 Å². The van der Waals surface area contributed by atoms with Crippen molar-refractivity contribution in [2.24, 2.45) is 0 Å². The molecule has 0 N–H and O–H groups in total. The van der Waals surface area contributed by atoms with E-state index in [1.807, 2.05) is 6.07 Å². The van der Waals surface area contributed by atoms with Gasteiger partial charge in [-0.1, -0.05) is 67.7 Å². The topological polar surface area (TPSA) is 31.6 Å². The Hall–Kier alpha value is -2.86. The molecule has 0 aliphatic carbocycles. The van der Waals surface area contributed by atoms with Crippen molar-refractivity contribution in [3.05, 3.63) is 66.7 Å². The molecule has 4 aromatic carbocycles. The third kappa shape index (κ3) is 2.75. The summed E-state index contributed by atoms with van der Waals surface area (Å²) in [4.78, 5) is 0. The number of hydrogen-bond acceptors (Lipinski definition) is 3. The van der Waals surface area contributed by atoms with Crippen molar-refractivity contribution in [2.75, 3.05) is 0 Å². The average Bonchev–Trinajstić information content (AvgIpc) is 3.37. The van der Waals surface area contributed by atoms with Crippen LogP contribution in [-0.4, -0.2) is 26.4 Å². The molecule has 3 nitrogen and oxygen atoms in total. The van der Waals surface area contributed by atoms with Gasteiger partial charge in [-0.15, -0.1) is 0 Å². The predicted octanol–water partition coefficient (Wildman–Crippen LogP) is 5.84. The van der Waals surface area contributed by atoms with E-state index in [4.69, 9.17) is 13.7 Å². The van der Waals surface area contributed by atoms with Gasteiger partial charge in [0.25, 0.3) is 0 Å². The van der Waals surface area contributed by atoms with Crippen LogP contribution >= 0.6 is 0 Å². The summed E-state index contributed by atoms with van der Waals surface area (Å²) in [6.07, 6.45) is 0. The number of fused-ring (bicyclic) bond motifs is 8. The fourth-order valence-corrected chi connectivity index (χ4v) is 9.02. The summed E-state index contributed by atoms with van der Waals surface area (Å²) in [6, 6.07) is 24.2. The van der Waals surface area contributed by atoms with Crippen molar-refractivity contribution in [2.45, 2.75) is 52.0 Å². The van der Waals surface area contributed by atoms with Crippen molar-refractivity contribution in [3.63, 3.8) is 0 Å². The maximum Gasteiger partial charge on any atom is 0.495 e. The van der Waals surface area contributed by atoms with E-state index < -0.39 is 26.4 Å². The van der Waals surface area contributed by atoms with E-state index in [2.05, 4.69) is 101 Å². The summed E-state index contributed by atoms with van der Waals surface area (Å²) in [7, 11) is -2.43. The minimum absolute atomic E-state index is 0.407. The summed E-state index contributed by atoms with van der Waals surface area (Å²) >= 11 is 0. The first-order chi connectivity index (χ1) is 16.6. The highest BCUT2D eigenvalue weighted by Crippen LogP contribution is 2.42. The zero-order valence-electron chi connectivity index (χ0n) is 21.2. The molecule has 2 aliphatic rings. The summed E-state index contributed by atoms with van der Waals surface area (Å²) in [5, 5.41) is 7.67. The minimum atomic E-state index is -1.99. The average molecular weight is 476 g/mol. The number of hydrogen-bond donors (Lipinski definition) is 0. The predicted molar refractivity (Wildman–Crippen MR) is 149 cm³/mol. The van der Waals surface area contributed by atoms with Gasteiger partial charge in [-0.3, -0.25) is 0 Å². The first-order valence-electron chi connectivity index (χ1n) is 12.5. The molecule has 0 spiro atoms. The van der Waals surface area contributed by atoms with Gasteiger partial charge in [0, 0.05) is 16.3 Å². The summed E-state index contributed by atoms with van der Waals surface area (Å²) in [6.45, 7) is 13.4. The van der Waals surface area contributed by atoms with Gasteiger partial charge in [-0.05, 0) is 72.0 Å². The smallest absolute Gasteiger partial charge is 0.455 e. The molecule has 5 heteroatoms. The lowest BCUT2D eigenvalue weighted by Gasteiger charge is -2.32. The van der Waals surface area contributed by atoms with Gasteiger partial charge in [0.05, 0.1) is 11.2 Å². The van der Waals surface area contributed by atoms with Crippen LogP contribution in [0.15, 0.2) is 71.1 Å². The first kappa shape index (κ1) is 21.4. The van der Waals surface area contributed by atoms with Crippen molar-refractivity contribution >= 4 is 63.7 Å². The van der Waals surface area contributed by atoms with E-state index >= 15 is 0 Å². The molecule has 35 heavy (non-hydrogen) atoms. The number of benzene rings is 4. The van der Waals surface area contributed by atoms with Gasteiger partial charge in [0.2, 0.25) is 0 Å². The van der Waals surface area contributed by atoms with E-state index in [0.717, 1.165) is 27.4 Å². The minimum Gasteiger partial charge on any atom is -0.455 e. The normalized spacial score (nSPS) is 19.5. The van der Waals surface area contributed by atoms with Crippen LogP contribution < -0.4 is 15.8 Å². The monoisotopic (exact) mass is 476 g/mol. The van der Waals surface area contributed by atoms with Gasteiger partial charge in [0.1, 0.15) is 19.2 Å². The lowest BCUT2D eigenvalue weighted by Crippen LogP contribution is -2.51. The van der Waals surface area contributed by atoms with Gasteiger partial charge in [-0.2, -0.15) is 0 Å². The molecular formula is C30H29BO3Si. The summed E-state index contributed by atoms with van der Waals surface area (Å²) in [5.41, 5.74) is 4.71. The van der Waals surface area contributed by atoms with E-state index in [1.54, 1.807) is 0 Å². The van der Waals surface area contributed by atoms with Gasteiger partial charge in [0.15, 0.2) is 0 Å². The first-order valence-corrected chi connectivity index (χ1v) is 15.5. The quantitative estimate of drug-likeness (QED) is 0.285. The Bertz CT molecular complexity index is 1680. The molecular weight excluding hydrogens is 447 g/mol. The van der Waals surface area contributed by atoms with E-state index in [9.17, 15) is 0 Å². The van der Waals surface area contributed by atoms with Gasteiger partial charge in [-0.25, -0.2) is 0 Å². The SMILES string of the molecule is CC1(C)OB(c2cc3c(c4oc5ccccc5c24)-c2cc4ccccc4cc2[Si]3(C)C)OC1(C)C. The zero-order valence-corrected chi connectivity index (χ0v) is 22.2. The zero-order chi connectivity index (χ0) is 24.3. The highest BCUT2D eigenvalue weighted by Gasteiger charge is 2.53. The molecule has 0 saturated carbocycles. The van der Waals surface area contributed by atoms with Crippen molar-refractivity contribution in [1.82, 2.24) is 0 Å². The highest BCUT2D eigenvalue weighted by molar-refractivity contribution is 7.04. The van der Waals surface area contributed by atoms with Crippen LogP contribution in [0.4, 0.5) is 0 Å². The van der Waals surface area contributed by atoms with Gasteiger partial charge >= 0.3 is 7.12 Å². The summed E-state index contributed by atoms with van der Waals surface area (Å²) < 4.78 is 19.9. The molecule has 1 aromatic heterocycles. The molecule has 0 atom stereocenters. The Balaban J connectivity index is 1.60. The van der Waals surface area contributed by atoms with Crippen LogP contribution in [0.5, 0.6) is 0 Å². The van der Waals surface area contributed by atoms with Crippen LogP contribution in [-0.2, 0) is 9.31 Å². The van der Waals surface area contributed by atoms with Crippen LogP contribution in [0, 0.1) is 0 Å². The lowest BCUT2D eigenvalue weighted by molar-refractivity contribution is 0.00578. The molecule has 174 valence electrons. The van der Waals surface area contributed by atoms with Crippen molar-refractivity contribution < 1.29 is 13.7 Å². The molecule has 7 rings (SSSR count). The lowest BCUT2D eigenvalue weighted by atomic mass is 9.75. The fourth-order valence-electron chi connectivity index (χ4n) is 5.96. The van der Waals surface area contributed by atoms with E-state index in [-0.39, 0.29) is 0 Å². The Labute approximate surface area is 207 Å². The van der Waals surface area contributed by atoms with Crippen LogP contribution in [0.1, 0.15) is 27.7 Å². The maximum atomic E-state index is 6.67. The molecule has 3 heterocycles. The van der Waals surface area contributed by atoms with Crippen LogP contribution in [0.3, 0.4) is 0 Å². The molecule has 2 aliphatic heterocycles. The molecule has 1 fully saturated rings. The largest absolute Gasteiger partial charge is 0.495 e. The maximum absolute atomic E-state index is 6.67. The van der Waals surface area contributed by atoms with Crippen molar-refractivity contribution in [1.29, 1.82) is 0 Å². The molecule has 0 bridgehead atoms. The molecule has 5 aromatic rings. The second-order valence-corrected chi connectivity index (χ2v) is 16.0. The second-order valence-electron chi connectivity index (χ2n) is 11.6. The Kier molecular flexibility index (Phi) is 4.08. The molecule has 0 amide bonds. The Morgan fingerprint density at radius 2 is 1.37 bits per heavy atom. The Morgan fingerprint density at radius 1 is 0.743 bits per heavy atom. The molecule has 0 unspecified atom stereocenters. The van der Waals surface area contributed by atoms with E-state index in [0.29, 0.717) is 0 Å². The third-order valence-corrected chi connectivity index (χ3v) is 12.2. The second kappa shape index (κ2) is 6.67. The van der Waals surface area contributed by atoms with Crippen LogP contribution in [0.25, 0.3) is 43.8 Å². The fraction of sp³-hybridized carbons (Fsp3) is 0.267. The standard InChI is InChI=1S/C30H29BO3Si/c1-29(2)30(3,4)34-31(33-29)22-17-25-27(28-26(22)20-13-9-10-14-23(20)32-28)21-15-18-11-7-8-12-19(18)16-24(21)35(25,5)6/h7-17H,1-6H3. The highest BCUT2D eigenvalue weighted by atomic mass is 28.3. The van der Waals surface area contributed by atoms with E-state index in [1.165, 1.54) is 32.3 Å². The molecule has 0 radical (unpaired) electrons. The summed E-state index contributed by atoms with van der Waals surface area (Å²) in [5.74, 6) is 0.